The molecule has 0 spiro atoms. The first-order valence-corrected chi connectivity index (χ1v) is 45.6. The maximum atomic E-state index is 12.7. The van der Waals surface area contributed by atoms with E-state index in [0.717, 1.165) is 148 Å². The van der Waals surface area contributed by atoms with E-state index in [0.29, 0.717) is 102 Å². The molecule has 12 rings (SSSR count). The van der Waals surface area contributed by atoms with Gasteiger partial charge in [-0.2, -0.15) is 30.5 Å². The van der Waals surface area contributed by atoms with Crippen molar-refractivity contribution in [2.75, 3.05) is 108 Å². The highest BCUT2D eigenvalue weighted by Gasteiger charge is 2.37. The monoisotopic (exact) mass is 1930 g/mol. The van der Waals surface area contributed by atoms with Crippen molar-refractivity contribution in [1.29, 1.82) is 10.5 Å². The molecule has 0 unspecified atom stereocenters. The lowest BCUT2D eigenvalue weighted by Gasteiger charge is -2.35. The number of amides is 2. The lowest BCUT2D eigenvalue weighted by Crippen LogP contribution is -2.43. The van der Waals surface area contributed by atoms with Crippen LogP contribution in [0.15, 0.2) is 122 Å². The van der Waals surface area contributed by atoms with Gasteiger partial charge in [0.15, 0.2) is 0 Å². The van der Waals surface area contributed by atoms with Crippen LogP contribution in [0.4, 0.5) is 116 Å². The van der Waals surface area contributed by atoms with Crippen molar-refractivity contribution in [3.63, 3.8) is 0 Å². The molecule has 0 bridgehead atoms. The number of hydrogen-bond acceptors (Lipinski definition) is 30. The summed E-state index contributed by atoms with van der Waals surface area (Å²) in [5.74, 6) is 1.76. The van der Waals surface area contributed by atoms with Crippen LogP contribution in [0.2, 0.25) is 0 Å². The number of urea groups is 1. The molecule has 2 amide bonds. The lowest BCUT2D eigenvalue weighted by molar-refractivity contribution is -0.384. The van der Waals surface area contributed by atoms with Crippen molar-refractivity contribution in [2.24, 2.45) is 23.7 Å². The number of aromatic nitrogens is 8. The van der Waals surface area contributed by atoms with Gasteiger partial charge < -0.3 is 87.2 Å². The molecule has 4 fully saturated rings. The summed E-state index contributed by atoms with van der Waals surface area (Å²) in [7, 11) is 0. The summed E-state index contributed by atoms with van der Waals surface area (Å²) < 4.78 is 168. The standard InChI is InChI=1S/C24H31F3N6O.C23H31F3N6O3.C22H28F3N7O4.C22H27F3N6O/c1-3-33(4-2)20-11-9-17(10-12-20)14-29-22-19(13-28)16-31-23(32-22)30-15-18-7-5-6-8-21(18)34-24(25,26)27;1-3-31(4-2)18-11-9-16(10-12-18)13-27-21-19(32(33)34)15-29-22(30-21)28-14-17-7-5-6-8-20(17)35-23(24,25)26;1-2-26-21(33)30-16-9-7-14(8-10-16)11-27-19-17(32(34)35)13-29-20(31-19)28-12-15-5-3-4-6-18(15)36-22(23,24)25;1-2-27-18-9-7-15(8-10-18)12-28-20-17(11-26)14-30-21(31-20)29-13-16-5-3-4-6-19(16)32-22(23,24)25/h5-8,16-17,20H,3-4,9-12,14-15H2,1-2H3,(H2,29,30,31,32);5-8,15-16,18H,3-4,9-14H2,1-2H3,(H2,27,28,29,30);3-6,13-14,16H,2,7-12H2,1H3,(H2,26,30,33)(H2,27,28,29,31);3-6,14-15,18,27H,2,7-10,12-13H2,1H3,(H2,28,29,30,31). The molecule has 4 aromatic heterocycles. The number of hydrogen-bond donors (Lipinski definition) is 11. The number of nitrogens with one attached hydrogen (secondary N) is 11. The van der Waals surface area contributed by atoms with Crippen molar-refractivity contribution in [1.82, 2.24) is 65.6 Å². The van der Waals surface area contributed by atoms with Gasteiger partial charge in [0.25, 0.3) is 0 Å². The minimum Gasteiger partial charge on any atom is -0.405 e. The minimum atomic E-state index is -4.84. The van der Waals surface area contributed by atoms with Crippen molar-refractivity contribution in [3.05, 3.63) is 175 Å². The van der Waals surface area contributed by atoms with E-state index in [4.69, 9.17) is 0 Å². The van der Waals surface area contributed by atoms with E-state index in [1.807, 2.05) is 6.92 Å². The van der Waals surface area contributed by atoms with E-state index in [1.54, 1.807) is 24.3 Å². The van der Waals surface area contributed by atoms with Gasteiger partial charge in [-0.05, 0) is 190 Å². The number of para-hydroxylation sites is 4. The van der Waals surface area contributed by atoms with Crippen LogP contribution in [0, 0.1) is 66.6 Å². The predicted octanol–water partition coefficient (Wildman–Crippen LogP) is 19.0. The SMILES string of the molecule is CCN(CC)C1CCC(CNc2nc(NCc3ccccc3OC(F)(F)F)ncc2C#N)CC1.CCN(CC)C1CCC(CNc2nc(NCc3ccccc3OC(F)(F)F)ncc2[N+](=O)[O-])CC1.CCNC(=O)NC1CCC(CNc2nc(NCc3ccccc3OC(F)(F)F)ncc2[N+](=O)[O-])CC1.CCNC1CCC(CNc2nc(NCc3ccccc3OC(F)(F)F)ncc2C#N)CC1. The fourth-order valence-corrected chi connectivity index (χ4v) is 16.6. The molecular weight excluding hydrogens is 1820 g/mol. The van der Waals surface area contributed by atoms with E-state index in [2.05, 4.69) is 174 Å². The molecule has 46 heteroatoms. The van der Waals surface area contributed by atoms with Crippen LogP contribution in [-0.2, 0) is 26.2 Å². The molecule has 34 nitrogen and oxygen atoms in total. The molecule has 0 saturated heterocycles. The fraction of sp³-hybridized carbons (Fsp3) is 0.527. The maximum Gasteiger partial charge on any atom is 0.573 e. The Labute approximate surface area is 785 Å². The zero-order valence-electron chi connectivity index (χ0n) is 76.8. The number of nitriles is 2. The quantitative estimate of drug-likeness (QED) is 0.00965. The summed E-state index contributed by atoms with van der Waals surface area (Å²) >= 11 is 0. The Bertz CT molecular complexity index is 5180. The highest BCUT2D eigenvalue weighted by molar-refractivity contribution is 5.74. The van der Waals surface area contributed by atoms with E-state index in [-0.39, 0.29) is 125 Å². The average Bonchev–Trinajstić information content (AvgIpc) is 0.824. The van der Waals surface area contributed by atoms with E-state index >= 15 is 0 Å². The second-order valence-electron chi connectivity index (χ2n) is 32.9. The number of rotatable bonds is 40. The molecule has 137 heavy (non-hydrogen) atoms. The van der Waals surface area contributed by atoms with Gasteiger partial charge in [0, 0.05) is 105 Å². The summed E-state index contributed by atoms with van der Waals surface area (Å²) in [4.78, 5) is 71.6. The van der Waals surface area contributed by atoms with Crippen LogP contribution in [0.25, 0.3) is 0 Å². The Morgan fingerprint density at radius 3 is 0.927 bits per heavy atom. The first-order chi connectivity index (χ1) is 65.5. The first-order valence-electron chi connectivity index (χ1n) is 45.6. The molecule has 4 aliphatic rings. The second-order valence-corrected chi connectivity index (χ2v) is 32.9. The zero-order chi connectivity index (χ0) is 99.1. The number of nitrogens with zero attached hydrogens (tertiary/aromatic N) is 14. The minimum absolute atomic E-state index is 0.0137. The Kier molecular flexibility index (Phi) is 41.9. The molecule has 8 aromatic rings. The lowest BCUT2D eigenvalue weighted by atomic mass is 9.85. The fourth-order valence-electron chi connectivity index (χ4n) is 16.6. The van der Waals surface area contributed by atoms with Gasteiger partial charge in [0.1, 0.15) is 70.3 Å². The molecule has 0 aliphatic heterocycles. The van der Waals surface area contributed by atoms with E-state index in [9.17, 15) is 88.2 Å². The van der Waals surface area contributed by atoms with Crippen molar-refractivity contribution in [2.45, 2.75) is 220 Å². The van der Waals surface area contributed by atoms with Crippen molar-refractivity contribution < 1.29 is 86.3 Å². The zero-order valence-corrected chi connectivity index (χ0v) is 76.8. The summed E-state index contributed by atoms with van der Waals surface area (Å²) in [6, 6.07) is 28.9. The third kappa shape index (κ3) is 36.8. The van der Waals surface area contributed by atoms with Crippen molar-refractivity contribution >= 4 is 64.5 Å². The van der Waals surface area contributed by atoms with Crippen LogP contribution >= 0.6 is 0 Å². The molecule has 4 heterocycles. The number of alkyl halides is 12. The molecule has 744 valence electrons. The number of ether oxygens (including phenoxy) is 4. The first kappa shape index (κ1) is 108. The van der Waals surface area contributed by atoms with Crippen LogP contribution in [0.5, 0.6) is 23.0 Å². The van der Waals surface area contributed by atoms with Crippen LogP contribution in [0.1, 0.15) is 178 Å². The van der Waals surface area contributed by atoms with E-state index < -0.39 is 35.3 Å². The summed E-state index contributed by atoms with van der Waals surface area (Å²) in [5.41, 5.74) is 1.15. The molecular formula is C91H117F12N25O9. The Hall–Kier alpha value is -13.1. The van der Waals surface area contributed by atoms with Crippen LogP contribution < -0.4 is 77.4 Å². The molecule has 0 radical (unpaired) electrons. The number of carbonyl (C=O) groups excluding carboxylic acids is 1. The number of anilines is 8. The normalized spacial score (nSPS) is 18.2. The van der Waals surface area contributed by atoms with Gasteiger partial charge in [-0.1, -0.05) is 107 Å². The molecule has 11 N–H and O–H groups in total. The number of benzene rings is 4. The largest absolute Gasteiger partial charge is 0.573 e. The van der Waals surface area contributed by atoms with E-state index in [1.165, 1.54) is 85.2 Å². The van der Waals surface area contributed by atoms with Gasteiger partial charge in [-0.15, -0.1) is 52.7 Å². The van der Waals surface area contributed by atoms with Crippen LogP contribution in [0.3, 0.4) is 0 Å². The third-order valence-corrected chi connectivity index (χ3v) is 23.7. The van der Waals surface area contributed by atoms with Gasteiger partial charge >= 0.3 is 42.9 Å². The highest BCUT2D eigenvalue weighted by atomic mass is 19.4. The number of halogens is 12. The van der Waals surface area contributed by atoms with Gasteiger partial charge in [0.2, 0.25) is 35.4 Å². The predicted molar refractivity (Wildman–Crippen MR) is 491 cm³/mol. The Balaban J connectivity index is 0.000000205. The molecule has 4 aliphatic carbocycles. The topological polar surface area (TPSA) is 430 Å². The molecule has 4 aromatic carbocycles. The number of carbonyl (C=O) groups is 1. The Morgan fingerprint density at radius 2 is 0.657 bits per heavy atom. The maximum absolute atomic E-state index is 12.7. The molecule has 4 saturated carbocycles. The van der Waals surface area contributed by atoms with Gasteiger partial charge in [-0.25, -0.2) is 24.7 Å². The highest BCUT2D eigenvalue weighted by Crippen LogP contribution is 2.37. The molecule has 0 atom stereocenters. The third-order valence-electron chi connectivity index (χ3n) is 23.7. The summed E-state index contributed by atoms with van der Waals surface area (Å²) in [6.07, 6.45) is 2.19. The van der Waals surface area contributed by atoms with Crippen LogP contribution in [-0.4, -0.2) is 181 Å². The summed E-state index contributed by atoms with van der Waals surface area (Å²) in [5, 5.41) is 74.9. The van der Waals surface area contributed by atoms with Gasteiger partial charge in [-0.3, -0.25) is 20.2 Å². The van der Waals surface area contributed by atoms with Gasteiger partial charge in [0.05, 0.1) is 22.2 Å². The van der Waals surface area contributed by atoms with Crippen molar-refractivity contribution in [3.8, 4) is 35.1 Å². The summed E-state index contributed by atoms with van der Waals surface area (Å²) in [6.45, 7) is 20.7. The smallest absolute Gasteiger partial charge is 0.405 e. The number of nitro groups is 2. The Morgan fingerprint density at radius 1 is 0.387 bits per heavy atom. The average molecular weight is 1930 g/mol. The second kappa shape index (κ2) is 53.4.